The largest absolute Gasteiger partial charge is 0.490 e. The standard InChI is InChI=1S/C12H14O5/c1-10(13)17-9-12(14)16-8-7-15-11-5-3-2-4-6-11/h2-6H,7-9H2,1H3. The number of para-hydroxylation sites is 1. The van der Waals surface area contributed by atoms with E-state index in [9.17, 15) is 9.59 Å². The third-order valence-corrected chi connectivity index (χ3v) is 1.75. The van der Waals surface area contributed by atoms with Gasteiger partial charge >= 0.3 is 11.9 Å². The lowest BCUT2D eigenvalue weighted by molar-refractivity contribution is -0.157. The van der Waals surface area contributed by atoms with Crippen LogP contribution in [-0.4, -0.2) is 31.8 Å². The summed E-state index contributed by atoms with van der Waals surface area (Å²) < 4.78 is 14.5. The van der Waals surface area contributed by atoms with Crippen LogP contribution < -0.4 is 4.74 Å². The normalized spacial score (nSPS) is 9.47. The molecule has 0 amide bonds. The highest BCUT2D eigenvalue weighted by Crippen LogP contribution is 2.07. The van der Waals surface area contributed by atoms with E-state index in [2.05, 4.69) is 4.74 Å². The Morgan fingerprint density at radius 2 is 1.76 bits per heavy atom. The van der Waals surface area contributed by atoms with Gasteiger partial charge in [0.05, 0.1) is 0 Å². The fourth-order valence-corrected chi connectivity index (χ4v) is 1.03. The smallest absolute Gasteiger partial charge is 0.344 e. The van der Waals surface area contributed by atoms with Gasteiger partial charge < -0.3 is 14.2 Å². The lowest BCUT2D eigenvalue weighted by Gasteiger charge is -2.07. The molecule has 1 rings (SSSR count). The van der Waals surface area contributed by atoms with Crippen molar-refractivity contribution in [2.45, 2.75) is 6.92 Å². The van der Waals surface area contributed by atoms with Crippen molar-refractivity contribution in [1.29, 1.82) is 0 Å². The number of hydrogen-bond donors (Lipinski definition) is 0. The zero-order valence-electron chi connectivity index (χ0n) is 9.55. The molecule has 5 nitrogen and oxygen atoms in total. The Hall–Kier alpha value is -2.04. The number of rotatable bonds is 6. The third kappa shape index (κ3) is 6.19. The van der Waals surface area contributed by atoms with Crippen molar-refractivity contribution < 1.29 is 23.8 Å². The minimum Gasteiger partial charge on any atom is -0.490 e. The Labute approximate surface area is 99.3 Å². The molecule has 1 aromatic rings. The Morgan fingerprint density at radius 3 is 2.41 bits per heavy atom. The molecule has 0 unspecified atom stereocenters. The van der Waals surface area contributed by atoms with Crippen molar-refractivity contribution in [1.82, 2.24) is 0 Å². The Kier molecular flexibility index (Phi) is 5.57. The predicted octanol–water partition coefficient (Wildman–Crippen LogP) is 1.17. The van der Waals surface area contributed by atoms with Gasteiger partial charge in [-0.2, -0.15) is 0 Å². The summed E-state index contributed by atoms with van der Waals surface area (Å²) in [4.78, 5) is 21.4. The maximum absolute atomic E-state index is 11.0. The summed E-state index contributed by atoms with van der Waals surface area (Å²) in [5, 5.41) is 0. The molecule has 5 heteroatoms. The lowest BCUT2D eigenvalue weighted by Crippen LogP contribution is -2.18. The maximum Gasteiger partial charge on any atom is 0.344 e. The van der Waals surface area contributed by atoms with E-state index in [-0.39, 0.29) is 19.8 Å². The summed E-state index contributed by atoms with van der Waals surface area (Å²) in [6, 6.07) is 9.19. The van der Waals surface area contributed by atoms with Gasteiger partial charge in [-0.25, -0.2) is 4.79 Å². The summed E-state index contributed by atoms with van der Waals surface area (Å²) in [6.07, 6.45) is 0. The molecular formula is C12H14O5. The second kappa shape index (κ2) is 7.27. The zero-order valence-corrected chi connectivity index (χ0v) is 9.55. The van der Waals surface area contributed by atoms with Gasteiger partial charge in [0.15, 0.2) is 6.61 Å². The second-order valence-corrected chi connectivity index (χ2v) is 3.16. The van der Waals surface area contributed by atoms with Gasteiger partial charge in [0.1, 0.15) is 19.0 Å². The number of esters is 2. The van der Waals surface area contributed by atoms with Crippen LogP contribution in [0.25, 0.3) is 0 Å². The van der Waals surface area contributed by atoms with Gasteiger partial charge in [0.25, 0.3) is 0 Å². The zero-order chi connectivity index (χ0) is 12.5. The average Bonchev–Trinajstić information content (AvgIpc) is 2.33. The molecule has 0 aliphatic heterocycles. The molecule has 0 saturated carbocycles. The minimum atomic E-state index is -0.586. The molecule has 0 radical (unpaired) electrons. The average molecular weight is 238 g/mol. The van der Waals surface area contributed by atoms with Crippen molar-refractivity contribution in [2.24, 2.45) is 0 Å². The van der Waals surface area contributed by atoms with Crippen LogP contribution >= 0.6 is 0 Å². The number of carbonyl (C=O) groups is 2. The molecule has 17 heavy (non-hydrogen) atoms. The second-order valence-electron chi connectivity index (χ2n) is 3.16. The molecule has 0 N–H and O–H groups in total. The summed E-state index contributed by atoms with van der Waals surface area (Å²) in [7, 11) is 0. The number of ether oxygens (including phenoxy) is 3. The number of benzene rings is 1. The van der Waals surface area contributed by atoms with Crippen LogP contribution in [0, 0.1) is 0 Å². The molecule has 0 atom stereocenters. The van der Waals surface area contributed by atoms with Gasteiger partial charge in [-0.15, -0.1) is 0 Å². The Morgan fingerprint density at radius 1 is 1.06 bits per heavy atom. The van der Waals surface area contributed by atoms with E-state index in [1.54, 1.807) is 12.1 Å². The summed E-state index contributed by atoms with van der Waals surface area (Å²) >= 11 is 0. The van der Waals surface area contributed by atoms with Gasteiger partial charge in [-0.05, 0) is 12.1 Å². The highest BCUT2D eigenvalue weighted by Gasteiger charge is 2.04. The molecule has 0 fully saturated rings. The van der Waals surface area contributed by atoms with Crippen molar-refractivity contribution in [3.63, 3.8) is 0 Å². The molecule has 0 bridgehead atoms. The molecular weight excluding hydrogens is 224 g/mol. The van der Waals surface area contributed by atoms with Crippen molar-refractivity contribution in [3.05, 3.63) is 30.3 Å². The summed E-state index contributed by atoms with van der Waals surface area (Å²) in [6.45, 7) is 1.25. The first kappa shape index (κ1) is 13.0. The summed E-state index contributed by atoms with van der Waals surface area (Å²) in [5.41, 5.74) is 0. The van der Waals surface area contributed by atoms with Crippen molar-refractivity contribution >= 4 is 11.9 Å². The molecule has 0 spiro atoms. The van der Waals surface area contributed by atoms with E-state index in [0.717, 1.165) is 0 Å². The quantitative estimate of drug-likeness (QED) is 0.550. The lowest BCUT2D eigenvalue weighted by atomic mass is 10.3. The fourth-order valence-electron chi connectivity index (χ4n) is 1.03. The topological polar surface area (TPSA) is 61.8 Å². The van der Waals surface area contributed by atoms with Crippen molar-refractivity contribution in [3.8, 4) is 5.75 Å². The van der Waals surface area contributed by atoms with Gasteiger partial charge in [-0.3, -0.25) is 4.79 Å². The molecule has 92 valence electrons. The van der Waals surface area contributed by atoms with Gasteiger partial charge in [0.2, 0.25) is 0 Å². The SMILES string of the molecule is CC(=O)OCC(=O)OCCOc1ccccc1. The van der Waals surface area contributed by atoms with Crippen LogP contribution in [-0.2, 0) is 19.1 Å². The minimum absolute atomic E-state index is 0.120. The fraction of sp³-hybridized carbons (Fsp3) is 0.333. The third-order valence-electron chi connectivity index (χ3n) is 1.75. The molecule has 0 heterocycles. The van der Waals surface area contributed by atoms with E-state index < -0.39 is 11.9 Å². The Bertz CT molecular complexity index is 360. The predicted molar refractivity (Wildman–Crippen MR) is 59.5 cm³/mol. The molecule has 0 aliphatic carbocycles. The highest BCUT2D eigenvalue weighted by molar-refractivity contribution is 5.75. The van der Waals surface area contributed by atoms with Crippen LogP contribution in [0.15, 0.2) is 30.3 Å². The van der Waals surface area contributed by atoms with E-state index >= 15 is 0 Å². The molecule has 1 aromatic carbocycles. The molecule has 0 saturated heterocycles. The van der Waals surface area contributed by atoms with Crippen LogP contribution in [0.1, 0.15) is 6.92 Å². The Balaban J connectivity index is 2.08. The van der Waals surface area contributed by atoms with Crippen LogP contribution in [0.3, 0.4) is 0 Å². The molecule has 0 aromatic heterocycles. The van der Waals surface area contributed by atoms with E-state index in [0.29, 0.717) is 5.75 Å². The van der Waals surface area contributed by atoms with Crippen LogP contribution in [0.5, 0.6) is 5.75 Å². The first-order valence-corrected chi connectivity index (χ1v) is 5.15. The van der Waals surface area contributed by atoms with Crippen LogP contribution in [0.4, 0.5) is 0 Å². The highest BCUT2D eigenvalue weighted by atomic mass is 16.6. The van der Waals surface area contributed by atoms with Crippen LogP contribution in [0.2, 0.25) is 0 Å². The monoisotopic (exact) mass is 238 g/mol. The van der Waals surface area contributed by atoms with E-state index in [1.165, 1.54) is 6.92 Å². The first-order chi connectivity index (χ1) is 8.18. The molecule has 0 aliphatic rings. The van der Waals surface area contributed by atoms with E-state index in [1.807, 2.05) is 18.2 Å². The van der Waals surface area contributed by atoms with Gasteiger partial charge in [0, 0.05) is 6.92 Å². The summed E-state index contributed by atoms with van der Waals surface area (Å²) in [5.74, 6) is -0.386. The van der Waals surface area contributed by atoms with E-state index in [4.69, 9.17) is 9.47 Å². The van der Waals surface area contributed by atoms with Gasteiger partial charge in [-0.1, -0.05) is 18.2 Å². The first-order valence-electron chi connectivity index (χ1n) is 5.15. The number of hydrogen-bond acceptors (Lipinski definition) is 5. The number of carbonyl (C=O) groups excluding carboxylic acids is 2. The maximum atomic E-state index is 11.0. The van der Waals surface area contributed by atoms with Crippen molar-refractivity contribution in [2.75, 3.05) is 19.8 Å².